The lowest BCUT2D eigenvalue weighted by atomic mass is 9.44. The Labute approximate surface area is 135 Å². The molecule has 3 fully saturated rings. The van der Waals surface area contributed by atoms with Crippen LogP contribution in [0.4, 0.5) is 0 Å². The summed E-state index contributed by atoms with van der Waals surface area (Å²) in [5, 5.41) is 9.77. The summed E-state index contributed by atoms with van der Waals surface area (Å²) in [6.07, 6.45) is 8.47. The molecule has 0 aromatic rings. The number of carboxylic acid groups (broad SMARTS) is 1. The van der Waals surface area contributed by atoms with E-state index in [1.54, 1.807) is 0 Å². The van der Waals surface area contributed by atoms with Gasteiger partial charge in [0.25, 0.3) is 0 Å². The van der Waals surface area contributed by atoms with E-state index in [1.807, 2.05) is 13.8 Å². The lowest BCUT2D eigenvalue weighted by Gasteiger charge is -2.60. The summed E-state index contributed by atoms with van der Waals surface area (Å²) in [7, 11) is 0. The quantitative estimate of drug-likeness (QED) is 0.720. The molecule has 3 rings (SSSR count). The number of carboxylic acids is 1. The number of hydrogen-bond donors (Lipinski definition) is 1. The van der Waals surface area contributed by atoms with Crippen LogP contribution in [-0.4, -0.2) is 11.1 Å². The molecule has 0 amide bonds. The fourth-order valence-electron chi connectivity index (χ4n) is 6.77. The summed E-state index contributed by atoms with van der Waals surface area (Å²) in [4.78, 5) is 11.9. The van der Waals surface area contributed by atoms with E-state index >= 15 is 0 Å². The van der Waals surface area contributed by atoms with E-state index < -0.39 is 11.4 Å². The first kappa shape index (κ1) is 16.1. The molecule has 0 aliphatic heterocycles. The summed E-state index contributed by atoms with van der Waals surface area (Å²) < 4.78 is 0. The molecule has 0 saturated heterocycles. The highest BCUT2D eigenvalue weighted by Crippen LogP contribution is 2.70. The predicted molar refractivity (Wildman–Crippen MR) is 89.6 cm³/mol. The van der Waals surface area contributed by atoms with Crippen LogP contribution in [0.3, 0.4) is 0 Å². The van der Waals surface area contributed by atoms with Crippen molar-refractivity contribution < 1.29 is 9.90 Å². The summed E-state index contributed by atoms with van der Waals surface area (Å²) in [6, 6.07) is 0. The minimum Gasteiger partial charge on any atom is -0.481 e. The topological polar surface area (TPSA) is 37.3 Å². The van der Waals surface area contributed by atoms with E-state index in [4.69, 9.17) is 0 Å². The zero-order valence-electron chi connectivity index (χ0n) is 14.7. The lowest BCUT2D eigenvalue weighted by molar-refractivity contribution is -0.167. The lowest BCUT2D eigenvalue weighted by Crippen LogP contribution is -2.55. The Bertz CT molecular complexity index is 506. The van der Waals surface area contributed by atoms with Gasteiger partial charge in [0.1, 0.15) is 0 Å². The Balaban J connectivity index is 2.00. The SMILES string of the molecule is C=C1C[C@@]23CC[C@H](C(C)(C)C(=O)O)[C@@](C)(CC)[C@@H]2CC[C@@H]1C3. The molecular weight excluding hydrogens is 272 g/mol. The Kier molecular flexibility index (Phi) is 3.55. The minimum absolute atomic E-state index is 0.149. The van der Waals surface area contributed by atoms with E-state index in [0.717, 1.165) is 18.8 Å². The Morgan fingerprint density at radius 1 is 1.36 bits per heavy atom. The van der Waals surface area contributed by atoms with Gasteiger partial charge < -0.3 is 5.11 Å². The van der Waals surface area contributed by atoms with Gasteiger partial charge in [-0.2, -0.15) is 0 Å². The van der Waals surface area contributed by atoms with Crippen LogP contribution in [0.25, 0.3) is 0 Å². The minimum atomic E-state index is -0.627. The predicted octanol–water partition coefficient (Wildman–Crippen LogP) is 5.29. The van der Waals surface area contributed by atoms with E-state index in [2.05, 4.69) is 20.4 Å². The van der Waals surface area contributed by atoms with Gasteiger partial charge in [0.15, 0.2) is 0 Å². The normalized spacial score (nSPS) is 44.7. The number of hydrogen-bond acceptors (Lipinski definition) is 1. The zero-order valence-corrected chi connectivity index (χ0v) is 14.7. The van der Waals surface area contributed by atoms with Crippen LogP contribution in [0.1, 0.15) is 72.6 Å². The molecule has 0 unspecified atom stereocenters. The van der Waals surface area contributed by atoms with Crippen LogP contribution in [-0.2, 0) is 4.79 Å². The molecule has 0 heterocycles. The second-order valence-corrected chi connectivity index (χ2v) is 9.21. The van der Waals surface area contributed by atoms with Crippen molar-refractivity contribution in [1.29, 1.82) is 0 Å². The van der Waals surface area contributed by atoms with Crippen LogP contribution < -0.4 is 0 Å². The van der Waals surface area contributed by atoms with Gasteiger partial charge in [-0.3, -0.25) is 4.79 Å². The average Bonchev–Trinajstić information content (AvgIpc) is 2.68. The molecule has 1 spiro atoms. The number of aliphatic carboxylic acids is 1. The van der Waals surface area contributed by atoms with Gasteiger partial charge in [-0.05, 0) is 81.0 Å². The molecule has 124 valence electrons. The Morgan fingerprint density at radius 3 is 2.64 bits per heavy atom. The molecule has 0 aromatic carbocycles. The summed E-state index contributed by atoms with van der Waals surface area (Å²) in [5.74, 6) is 1.08. The van der Waals surface area contributed by atoms with Crippen molar-refractivity contribution in [2.75, 3.05) is 0 Å². The monoisotopic (exact) mass is 304 g/mol. The maximum absolute atomic E-state index is 11.9. The fourth-order valence-corrected chi connectivity index (χ4v) is 6.77. The van der Waals surface area contributed by atoms with E-state index in [-0.39, 0.29) is 11.3 Å². The third kappa shape index (κ3) is 1.95. The maximum Gasteiger partial charge on any atom is 0.309 e. The van der Waals surface area contributed by atoms with Crippen molar-refractivity contribution in [2.24, 2.45) is 34.0 Å². The van der Waals surface area contributed by atoms with Gasteiger partial charge in [-0.15, -0.1) is 0 Å². The van der Waals surface area contributed by atoms with Gasteiger partial charge >= 0.3 is 5.97 Å². The zero-order chi connectivity index (χ0) is 16.3. The number of fused-ring (bicyclic) bond motifs is 1. The molecule has 2 bridgehead atoms. The molecule has 1 N–H and O–H groups in total. The van der Waals surface area contributed by atoms with Crippen molar-refractivity contribution in [3.8, 4) is 0 Å². The fraction of sp³-hybridized carbons (Fsp3) is 0.850. The van der Waals surface area contributed by atoms with Crippen LogP contribution in [0.5, 0.6) is 0 Å². The molecule has 2 nitrogen and oxygen atoms in total. The highest BCUT2D eigenvalue weighted by Gasteiger charge is 2.62. The molecule has 22 heavy (non-hydrogen) atoms. The largest absolute Gasteiger partial charge is 0.481 e. The molecule has 0 aromatic heterocycles. The average molecular weight is 304 g/mol. The second-order valence-electron chi connectivity index (χ2n) is 9.21. The molecule has 3 saturated carbocycles. The molecule has 0 radical (unpaired) electrons. The van der Waals surface area contributed by atoms with Crippen molar-refractivity contribution in [3.05, 3.63) is 12.2 Å². The molecule has 3 aliphatic rings. The first-order chi connectivity index (χ1) is 10.2. The molecule has 2 heteroatoms. The highest BCUT2D eigenvalue weighted by molar-refractivity contribution is 5.74. The van der Waals surface area contributed by atoms with Crippen molar-refractivity contribution in [3.63, 3.8) is 0 Å². The number of rotatable bonds is 3. The van der Waals surface area contributed by atoms with E-state index in [1.165, 1.54) is 37.7 Å². The summed E-state index contributed by atoms with van der Waals surface area (Å²) in [6.45, 7) is 12.9. The van der Waals surface area contributed by atoms with Gasteiger partial charge in [0.05, 0.1) is 5.41 Å². The van der Waals surface area contributed by atoms with Crippen LogP contribution in [0.2, 0.25) is 0 Å². The van der Waals surface area contributed by atoms with Gasteiger partial charge in [0, 0.05) is 0 Å². The third-order valence-corrected chi connectivity index (χ3v) is 8.06. The first-order valence-corrected chi connectivity index (χ1v) is 9.08. The van der Waals surface area contributed by atoms with E-state index in [9.17, 15) is 9.90 Å². The van der Waals surface area contributed by atoms with Gasteiger partial charge in [-0.25, -0.2) is 0 Å². The van der Waals surface area contributed by atoms with Crippen LogP contribution in [0.15, 0.2) is 12.2 Å². The number of allylic oxidation sites excluding steroid dienone is 1. The molecule has 3 aliphatic carbocycles. The standard InChI is InChI=1S/C20H32O2/c1-6-19(5)15(18(3,4)17(21)22)9-10-20-11-13(2)14(12-20)7-8-16(19)20/h14-16H,2,6-12H2,1,3-5H3,(H,21,22)/t14-,15-,16+,19-,20-/m1/s1. The summed E-state index contributed by atoms with van der Waals surface area (Å²) >= 11 is 0. The van der Waals surface area contributed by atoms with Gasteiger partial charge in [-0.1, -0.05) is 32.4 Å². The highest BCUT2D eigenvalue weighted by atomic mass is 16.4. The smallest absolute Gasteiger partial charge is 0.309 e. The molecule has 5 atom stereocenters. The maximum atomic E-state index is 11.9. The Hall–Kier alpha value is -0.790. The van der Waals surface area contributed by atoms with Crippen molar-refractivity contribution in [2.45, 2.75) is 72.6 Å². The third-order valence-electron chi connectivity index (χ3n) is 8.06. The van der Waals surface area contributed by atoms with E-state index in [0.29, 0.717) is 11.3 Å². The second kappa shape index (κ2) is 4.85. The van der Waals surface area contributed by atoms with Crippen LogP contribution >= 0.6 is 0 Å². The summed E-state index contributed by atoms with van der Waals surface area (Å²) in [5.41, 5.74) is 1.45. The number of carbonyl (C=O) groups is 1. The van der Waals surface area contributed by atoms with Gasteiger partial charge in [0.2, 0.25) is 0 Å². The molecular formula is C20H32O2. The van der Waals surface area contributed by atoms with Crippen LogP contribution in [0, 0.1) is 34.0 Å². The van der Waals surface area contributed by atoms with Crippen molar-refractivity contribution >= 4 is 5.97 Å². The van der Waals surface area contributed by atoms with Crippen molar-refractivity contribution in [1.82, 2.24) is 0 Å². The Morgan fingerprint density at radius 2 is 2.05 bits per heavy atom. The first-order valence-electron chi connectivity index (χ1n) is 9.08.